The van der Waals surface area contributed by atoms with Gasteiger partial charge in [-0.25, -0.2) is 4.79 Å². The number of aromatic nitrogens is 1. The summed E-state index contributed by atoms with van der Waals surface area (Å²) in [5.41, 5.74) is 1.13. The van der Waals surface area contributed by atoms with Crippen LogP contribution in [-0.2, 0) is 9.53 Å². The molecule has 4 heteroatoms. The second-order valence-corrected chi connectivity index (χ2v) is 11.5. The van der Waals surface area contributed by atoms with Gasteiger partial charge in [0.05, 0.1) is 5.56 Å². The molecule has 5 rings (SSSR count). The smallest absolute Gasteiger partial charge is 0.339 e. The van der Waals surface area contributed by atoms with E-state index in [0.29, 0.717) is 22.7 Å². The van der Waals surface area contributed by atoms with E-state index in [1.54, 1.807) is 24.5 Å². The van der Waals surface area contributed by atoms with Crippen LogP contribution in [0.15, 0.2) is 24.5 Å². The van der Waals surface area contributed by atoms with E-state index >= 15 is 0 Å². The molecule has 0 radical (unpaired) electrons. The van der Waals surface area contributed by atoms with Crippen LogP contribution < -0.4 is 0 Å². The Balaban J connectivity index is 1.28. The SMILES string of the molecule is CC(=O)[C@H]1CC[C@H]2[C@@H]3CC[C@H]4C[C@H](OC(=O)c5cccnc5)CC[C@]4(C)[C@H]3CC[C@]12C. The van der Waals surface area contributed by atoms with Crippen molar-refractivity contribution < 1.29 is 14.3 Å². The molecule has 168 valence electrons. The molecule has 8 atom stereocenters. The third-order valence-corrected chi connectivity index (χ3v) is 10.3. The molecule has 4 fully saturated rings. The molecule has 4 aliphatic carbocycles. The van der Waals surface area contributed by atoms with E-state index in [1.807, 2.05) is 6.92 Å². The van der Waals surface area contributed by atoms with Gasteiger partial charge in [0, 0.05) is 18.3 Å². The van der Waals surface area contributed by atoms with Gasteiger partial charge in [0.15, 0.2) is 0 Å². The van der Waals surface area contributed by atoms with Crippen LogP contribution in [0, 0.1) is 40.4 Å². The minimum Gasteiger partial charge on any atom is -0.459 e. The Morgan fingerprint density at radius 3 is 2.52 bits per heavy atom. The van der Waals surface area contributed by atoms with Gasteiger partial charge in [0.1, 0.15) is 11.9 Å². The quantitative estimate of drug-likeness (QED) is 0.572. The molecule has 4 aliphatic rings. The Bertz CT molecular complexity index is 853. The van der Waals surface area contributed by atoms with Crippen LogP contribution in [0.5, 0.6) is 0 Å². The lowest BCUT2D eigenvalue weighted by molar-refractivity contribution is -0.138. The number of hydrogen-bond donors (Lipinski definition) is 0. The number of pyridine rings is 1. The van der Waals surface area contributed by atoms with Crippen LogP contribution in [0.3, 0.4) is 0 Å². The van der Waals surface area contributed by atoms with Crippen LogP contribution in [0.25, 0.3) is 0 Å². The summed E-state index contributed by atoms with van der Waals surface area (Å²) in [6.45, 7) is 6.78. The first-order valence-corrected chi connectivity index (χ1v) is 12.4. The van der Waals surface area contributed by atoms with Crippen molar-refractivity contribution in [1.82, 2.24) is 4.98 Å². The molecule has 31 heavy (non-hydrogen) atoms. The summed E-state index contributed by atoms with van der Waals surface area (Å²) in [5.74, 6) is 3.38. The van der Waals surface area contributed by atoms with Gasteiger partial charge in [0.25, 0.3) is 0 Å². The predicted octanol–water partition coefficient (Wildman–Crippen LogP) is 5.85. The highest BCUT2D eigenvalue weighted by Crippen LogP contribution is 2.67. The highest BCUT2D eigenvalue weighted by molar-refractivity contribution is 5.89. The van der Waals surface area contributed by atoms with E-state index < -0.39 is 0 Å². The molecule has 0 bridgehead atoms. The van der Waals surface area contributed by atoms with Crippen molar-refractivity contribution in [3.05, 3.63) is 30.1 Å². The second kappa shape index (κ2) is 7.71. The Morgan fingerprint density at radius 2 is 1.77 bits per heavy atom. The van der Waals surface area contributed by atoms with Crippen molar-refractivity contribution in [3.63, 3.8) is 0 Å². The summed E-state index contributed by atoms with van der Waals surface area (Å²) in [4.78, 5) is 28.9. The number of fused-ring (bicyclic) bond motifs is 5. The first-order valence-electron chi connectivity index (χ1n) is 12.4. The van der Waals surface area contributed by atoms with Crippen molar-refractivity contribution >= 4 is 11.8 Å². The van der Waals surface area contributed by atoms with E-state index in [9.17, 15) is 9.59 Å². The summed E-state index contributed by atoms with van der Waals surface area (Å²) in [7, 11) is 0. The maximum atomic E-state index is 12.5. The molecule has 0 N–H and O–H groups in total. The van der Waals surface area contributed by atoms with Crippen LogP contribution >= 0.6 is 0 Å². The van der Waals surface area contributed by atoms with Crippen LogP contribution in [-0.4, -0.2) is 22.8 Å². The molecule has 4 nitrogen and oxygen atoms in total. The highest BCUT2D eigenvalue weighted by atomic mass is 16.5. The molecular formula is C27H37NO3. The lowest BCUT2D eigenvalue weighted by Crippen LogP contribution is -2.54. The van der Waals surface area contributed by atoms with Gasteiger partial charge in [-0.15, -0.1) is 0 Å². The van der Waals surface area contributed by atoms with E-state index in [1.165, 1.54) is 32.1 Å². The molecule has 1 aromatic rings. The standard InChI is InChI=1S/C27H37NO3/c1-17(29)22-8-9-23-21-7-6-19-15-20(31-25(30)18-5-4-14-28-16-18)10-12-26(19,2)24(21)11-13-27(22,23)3/h4-5,14,16,19-24H,6-13,15H2,1-3H3/t19-,20+,21-,22+,23-,24-,26-,27+/m0/s1. The number of ether oxygens (including phenoxy) is 1. The summed E-state index contributed by atoms with van der Waals surface area (Å²) < 4.78 is 5.92. The van der Waals surface area contributed by atoms with Gasteiger partial charge in [-0.1, -0.05) is 13.8 Å². The molecule has 0 amide bonds. The summed E-state index contributed by atoms with van der Waals surface area (Å²) in [5, 5.41) is 0. The van der Waals surface area contributed by atoms with Crippen LogP contribution in [0.2, 0.25) is 0 Å². The Kier molecular flexibility index (Phi) is 5.26. The molecule has 4 saturated carbocycles. The number of esters is 1. The van der Waals surface area contributed by atoms with E-state index in [2.05, 4.69) is 18.8 Å². The molecule has 1 heterocycles. The first-order chi connectivity index (χ1) is 14.8. The molecule has 1 aromatic heterocycles. The van der Waals surface area contributed by atoms with Gasteiger partial charge >= 0.3 is 5.97 Å². The van der Waals surface area contributed by atoms with Crippen molar-refractivity contribution in [2.45, 2.75) is 84.7 Å². The third-order valence-electron chi connectivity index (χ3n) is 10.3. The number of ketones is 1. The molecule has 0 aromatic carbocycles. The monoisotopic (exact) mass is 423 g/mol. The van der Waals surface area contributed by atoms with E-state index in [0.717, 1.165) is 43.4 Å². The number of nitrogens with zero attached hydrogens (tertiary/aromatic N) is 1. The Labute approximate surface area is 186 Å². The van der Waals surface area contributed by atoms with Gasteiger partial charge in [-0.05, 0) is 111 Å². The van der Waals surface area contributed by atoms with Crippen molar-refractivity contribution in [1.29, 1.82) is 0 Å². The minimum absolute atomic E-state index is 0.0322. The maximum absolute atomic E-state index is 12.5. The molecule has 0 spiro atoms. The fourth-order valence-corrected chi connectivity index (χ4v) is 8.70. The fourth-order valence-electron chi connectivity index (χ4n) is 8.70. The lowest BCUT2D eigenvalue weighted by atomic mass is 9.44. The first kappa shape index (κ1) is 21.2. The van der Waals surface area contributed by atoms with E-state index in [-0.39, 0.29) is 23.4 Å². The maximum Gasteiger partial charge on any atom is 0.339 e. The number of carbonyl (C=O) groups is 2. The lowest BCUT2D eigenvalue weighted by Gasteiger charge is -2.61. The minimum atomic E-state index is -0.231. The van der Waals surface area contributed by atoms with Crippen molar-refractivity contribution in [2.75, 3.05) is 0 Å². The Morgan fingerprint density at radius 1 is 1.00 bits per heavy atom. The number of carbonyl (C=O) groups excluding carboxylic acids is 2. The van der Waals surface area contributed by atoms with Gasteiger partial charge in [-0.3, -0.25) is 9.78 Å². The summed E-state index contributed by atoms with van der Waals surface area (Å²) >= 11 is 0. The van der Waals surface area contributed by atoms with E-state index in [4.69, 9.17) is 4.74 Å². The fraction of sp³-hybridized carbons (Fsp3) is 0.741. The molecule has 0 unspecified atom stereocenters. The third kappa shape index (κ3) is 3.36. The average molecular weight is 424 g/mol. The zero-order chi connectivity index (χ0) is 21.8. The van der Waals surface area contributed by atoms with Gasteiger partial charge < -0.3 is 4.74 Å². The zero-order valence-corrected chi connectivity index (χ0v) is 19.3. The average Bonchev–Trinajstić information content (AvgIpc) is 3.12. The summed E-state index contributed by atoms with van der Waals surface area (Å²) in [6.07, 6.45) is 13.8. The normalized spacial score (nSPS) is 44.0. The van der Waals surface area contributed by atoms with Gasteiger partial charge in [-0.2, -0.15) is 0 Å². The highest BCUT2D eigenvalue weighted by Gasteiger charge is 2.60. The second-order valence-electron chi connectivity index (χ2n) is 11.5. The topological polar surface area (TPSA) is 56.3 Å². The number of rotatable bonds is 3. The summed E-state index contributed by atoms with van der Waals surface area (Å²) in [6, 6.07) is 3.56. The molecule has 0 saturated heterocycles. The van der Waals surface area contributed by atoms with Crippen LogP contribution in [0.1, 0.15) is 88.9 Å². The predicted molar refractivity (Wildman–Crippen MR) is 119 cm³/mol. The molecular weight excluding hydrogens is 386 g/mol. The van der Waals surface area contributed by atoms with Crippen molar-refractivity contribution in [2.24, 2.45) is 40.4 Å². The number of Topliss-reactive ketones (excluding diaryl/α,β-unsaturated/α-hetero) is 1. The van der Waals surface area contributed by atoms with Crippen LogP contribution in [0.4, 0.5) is 0 Å². The largest absolute Gasteiger partial charge is 0.459 e. The number of hydrogen-bond acceptors (Lipinski definition) is 4. The zero-order valence-electron chi connectivity index (χ0n) is 19.3. The van der Waals surface area contributed by atoms with Gasteiger partial charge in [0.2, 0.25) is 0 Å². The molecule has 0 aliphatic heterocycles. The Hall–Kier alpha value is -1.71. The van der Waals surface area contributed by atoms with Crippen molar-refractivity contribution in [3.8, 4) is 0 Å².